The molecule has 1 fully saturated rings. The fourth-order valence-corrected chi connectivity index (χ4v) is 2.61. The van der Waals surface area contributed by atoms with Crippen LogP contribution in [0.15, 0.2) is 24.3 Å². The Kier molecular flexibility index (Phi) is 7.98. The van der Waals surface area contributed by atoms with Crippen LogP contribution in [-0.2, 0) is 9.59 Å². The van der Waals surface area contributed by atoms with E-state index in [4.69, 9.17) is 5.11 Å². The van der Waals surface area contributed by atoms with E-state index in [-0.39, 0.29) is 18.3 Å². The lowest BCUT2D eigenvalue weighted by atomic mass is 9.91. The lowest BCUT2D eigenvalue weighted by Crippen LogP contribution is -2.13. The van der Waals surface area contributed by atoms with Gasteiger partial charge in [-0.05, 0) is 38.0 Å². The van der Waals surface area contributed by atoms with Gasteiger partial charge < -0.3 is 10.2 Å². The second-order valence-electron chi connectivity index (χ2n) is 5.63. The maximum atomic E-state index is 11.9. The molecule has 0 spiro atoms. The monoisotopic (exact) mass is 294 g/mol. The summed E-state index contributed by atoms with van der Waals surface area (Å²) in [4.78, 5) is 22.3. The Labute approximate surface area is 126 Å². The Morgan fingerprint density at radius 1 is 1.43 bits per heavy atom. The quantitative estimate of drug-likeness (QED) is 0.506. The molecule has 0 bridgehead atoms. The van der Waals surface area contributed by atoms with Crippen molar-refractivity contribution in [3.8, 4) is 0 Å². The van der Waals surface area contributed by atoms with Crippen molar-refractivity contribution in [2.45, 2.75) is 58.0 Å². The van der Waals surface area contributed by atoms with Crippen LogP contribution in [-0.4, -0.2) is 28.1 Å². The molecular formula is C17H26O4. The molecule has 1 aliphatic rings. The van der Waals surface area contributed by atoms with Gasteiger partial charge in [-0.15, -0.1) is 0 Å². The predicted molar refractivity (Wildman–Crippen MR) is 81.9 cm³/mol. The minimum absolute atomic E-state index is 0.0148. The van der Waals surface area contributed by atoms with Crippen LogP contribution >= 0.6 is 0 Å². The highest BCUT2D eigenvalue weighted by Crippen LogP contribution is 2.32. The van der Waals surface area contributed by atoms with Crippen molar-refractivity contribution in [2.24, 2.45) is 11.8 Å². The third-order valence-electron chi connectivity index (χ3n) is 3.97. The Bertz CT molecular complexity index is 398. The van der Waals surface area contributed by atoms with E-state index in [9.17, 15) is 14.7 Å². The summed E-state index contributed by atoms with van der Waals surface area (Å²) in [5.41, 5.74) is 0. The van der Waals surface area contributed by atoms with Crippen LogP contribution in [0.5, 0.6) is 0 Å². The number of rotatable bonds is 9. The van der Waals surface area contributed by atoms with E-state index >= 15 is 0 Å². The standard InChI is InChI=1S/C17H26O4/c1-2-14(18)11-9-13-10-12-16(19)15(13)7-5-3-4-6-8-17(20)21/h3,5,9,11,13-15,18H,2,4,6-8,10,12H2,1H3,(H,20,21). The van der Waals surface area contributed by atoms with Crippen molar-refractivity contribution in [1.82, 2.24) is 0 Å². The van der Waals surface area contributed by atoms with Gasteiger partial charge in [0.25, 0.3) is 0 Å². The number of hydrogen-bond acceptors (Lipinski definition) is 3. The molecule has 2 N–H and O–H groups in total. The Morgan fingerprint density at radius 3 is 2.86 bits per heavy atom. The zero-order valence-electron chi connectivity index (χ0n) is 12.7. The number of carboxylic acid groups (broad SMARTS) is 1. The number of carbonyl (C=O) groups excluding carboxylic acids is 1. The Hall–Kier alpha value is -1.42. The van der Waals surface area contributed by atoms with Crippen LogP contribution in [0.1, 0.15) is 51.9 Å². The zero-order valence-corrected chi connectivity index (χ0v) is 12.7. The summed E-state index contributed by atoms with van der Waals surface area (Å²) in [5, 5.41) is 18.1. The van der Waals surface area contributed by atoms with Gasteiger partial charge in [0.1, 0.15) is 5.78 Å². The molecule has 0 radical (unpaired) electrons. The number of aliphatic hydroxyl groups is 1. The van der Waals surface area contributed by atoms with Crippen molar-refractivity contribution in [2.75, 3.05) is 0 Å². The molecule has 0 aliphatic heterocycles. The summed E-state index contributed by atoms with van der Waals surface area (Å²) in [7, 11) is 0. The number of aliphatic hydroxyl groups excluding tert-OH is 1. The third-order valence-corrected chi connectivity index (χ3v) is 3.97. The summed E-state index contributed by atoms with van der Waals surface area (Å²) in [6, 6.07) is 0. The molecule has 118 valence electrons. The van der Waals surface area contributed by atoms with Crippen LogP contribution in [0, 0.1) is 11.8 Å². The Morgan fingerprint density at radius 2 is 2.19 bits per heavy atom. The van der Waals surface area contributed by atoms with Crippen molar-refractivity contribution in [3.63, 3.8) is 0 Å². The third kappa shape index (κ3) is 6.71. The second kappa shape index (κ2) is 9.50. The largest absolute Gasteiger partial charge is 0.481 e. The number of aliphatic carboxylic acids is 1. The molecule has 0 aromatic carbocycles. The van der Waals surface area contributed by atoms with E-state index in [0.29, 0.717) is 31.5 Å². The maximum absolute atomic E-state index is 11.9. The first kappa shape index (κ1) is 17.6. The van der Waals surface area contributed by atoms with Gasteiger partial charge in [-0.2, -0.15) is 0 Å². The fraction of sp³-hybridized carbons (Fsp3) is 0.647. The minimum Gasteiger partial charge on any atom is -0.481 e. The highest BCUT2D eigenvalue weighted by molar-refractivity contribution is 5.83. The molecule has 4 nitrogen and oxygen atoms in total. The lowest BCUT2D eigenvalue weighted by molar-refractivity contribution is -0.137. The van der Waals surface area contributed by atoms with E-state index in [0.717, 1.165) is 12.8 Å². The van der Waals surface area contributed by atoms with E-state index in [1.54, 1.807) is 6.08 Å². The zero-order chi connectivity index (χ0) is 15.7. The second-order valence-corrected chi connectivity index (χ2v) is 5.63. The molecular weight excluding hydrogens is 268 g/mol. The number of unbranched alkanes of at least 4 members (excludes halogenated alkanes) is 1. The molecule has 21 heavy (non-hydrogen) atoms. The molecule has 4 heteroatoms. The fourth-order valence-electron chi connectivity index (χ4n) is 2.61. The number of hydrogen-bond donors (Lipinski definition) is 2. The normalized spacial score (nSPS) is 24.2. The van der Waals surface area contributed by atoms with E-state index in [1.807, 2.05) is 25.2 Å². The SMILES string of the molecule is CCC(O)C=CC1CCC(=O)C1CC=CCCCC(=O)O. The predicted octanol–water partition coefficient (Wildman–Crippen LogP) is 3.11. The van der Waals surface area contributed by atoms with Crippen molar-refractivity contribution in [3.05, 3.63) is 24.3 Å². The Balaban J connectivity index is 2.39. The molecule has 1 rings (SSSR count). The number of carbonyl (C=O) groups is 2. The summed E-state index contributed by atoms with van der Waals surface area (Å²) < 4.78 is 0. The summed E-state index contributed by atoms with van der Waals surface area (Å²) in [5.74, 6) is -0.233. The van der Waals surface area contributed by atoms with Crippen LogP contribution < -0.4 is 0 Å². The van der Waals surface area contributed by atoms with Gasteiger partial charge in [0, 0.05) is 18.8 Å². The topological polar surface area (TPSA) is 74.6 Å². The number of ketones is 1. The van der Waals surface area contributed by atoms with Gasteiger partial charge >= 0.3 is 5.97 Å². The maximum Gasteiger partial charge on any atom is 0.303 e. The molecule has 1 saturated carbocycles. The van der Waals surface area contributed by atoms with Crippen LogP contribution in [0.3, 0.4) is 0 Å². The van der Waals surface area contributed by atoms with Gasteiger partial charge in [-0.1, -0.05) is 31.2 Å². The first-order valence-electron chi connectivity index (χ1n) is 7.80. The number of allylic oxidation sites excluding steroid dienone is 3. The average molecular weight is 294 g/mol. The molecule has 3 atom stereocenters. The highest BCUT2D eigenvalue weighted by Gasteiger charge is 2.31. The van der Waals surface area contributed by atoms with Gasteiger partial charge in [-0.3, -0.25) is 9.59 Å². The summed E-state index contributed by atoms with van der Waals surface area (Å²) in [6.45, 7) is 1.92. The smallest absolute Gasteiger partial charge is 0.303 e. The first-order valence-corrected chi connectivity index (χ1v) is 7.80. The van der Waals surface area contributed by atoms with Crippen molar-refractivity contribution >= 4 is 11.8 Å². The van der Waals surface area contributed by atoms with E-state index in [2.05, 4.69) is 0 Å². The van der Waals surface area contributed by atoms with E-state index in [1.165, 1.54) is 0 Å². The molecule has 0 aromatic rings. The lowest BCUT2D eigenvalue weighted by Gasteiger charge is -2.13. The minimum atomic E-state index is -0.769. The number of Topliss-reactive ketones (excluding diaryl/α,β-unsaturated/α-hetero) is 1. The molecule has 3 unspecified atom stereocenters. The van der Waals surface area contributed by atoms with Gasteiger partial charge in [0.05, 0.1) is 6.10 Å². The highest BCUT2D eigenvalue weighted by atomic mass is 16.4. The summed E-state index contributed by atoms with van der Waals surface area (Å²) in [6.07, 6.45) is 11.8. The molecule has 0 heterocycles. The van der Waals surface area contributed by atoms with Crippen LogP contribution in [0.25, 0.3) is 0 Å². The van der Waals surface area contributed by atoms with Crippen LogP contribution in [0.4, 0.5) is 0 Å². The molecule has 1 aliphatic carbocycles. The van der Waals surface area contributed by atoms with Crippen LogP contribution in [0.2, 0.25) is 0 Å². The molecule has 0 aromatic heterocycles. The van der Waals surface area contributed by atoms with Crippen molar-refractivity contribution in [1.29, 1.82) is 0 Å². The number of carboxylic acids is 1. The van der Waals surface area contributed by atoms with E-state index < -0.39 is 12.1 Å². The average Bonchev–Trinajstić information content (AvgIpc) is 2.80. The van der Waals surface area contributed by atoms with Gasteiger partial charge in [0.2, 0.25) is 0 Å². The van der Waals surface area contributed by atoms with Gasteiger partial charge in [-0.25, -0.2) is 0 Å². The first-order chi connectivity index (χ1) is 10.0. The van der Waals surface area contributed by atoms with Crippen molar-refractivity contribution < 1.29 is 19.8 Å². The van der Waals surface area contributed by atoms with Gasteiger partial charge in [0.15, 0.2) is 0 Å². The summed E-state index contributed by atoms with van der Waals surface area (Å²) >= 11 is 0. The molecule has 0 saturated heterocycles. The molecule has 0 amide bonds.